The van der Waals surface area contributed by atoms with Crippen LogP contribution in [0.4, 0.5) is 0 Å². The van der Waals surface area contributed by atoms with Crippen LogP contribution in [0.3, 0.4) is 0 Å². The van der Waals surface area contributed by atoms with Crippen molar-refractivity contribution in [1.29, 1.82) is 0 Å². The van der Waals surface area contributed by atoms with Crippen LogP contribution < -0.4 is 10.6 Å². The summed E-state index contributed by atoms with van der Waals surface area (Å²) in [5.41, 5.74) is 2.49. The van der Waals surface area contributed by atoms with Gasteiger partial charge in [0.2, 0.25) is 0 Å². The Morgan fingerprint density at radius 1 is 0.926 bits per heavy atom. The van der Waals surface area contributed by atoms with Crippen molar-refractivity contribution in [2.45, 2.75) is 25.8 Å². The average Bonchev–Trinajstić information content (AvgIpc) is 2.68. The molecule has 0 aliphatic heterocycles. The minimum Gasteiger partial charge on any atom is -0.381 e. The van der Waals surface area contributed by atoms with Gasteiger partial charge in [-0.25, -0.2) is 0 Å². The largest absolute Gasteiger partial charge is 0.381 e. The van der Waals surface area contributed by atoms with Gasteiger partial charge in [-0.15, -0.1) is 24.0 Å². The summed E-state index contributed by atoms with van der Waals surface area (Å²) < 4.78 is 5.70. The van der Waals surface area contributed by atoms with Gasteiger partial charge in [-0.2, -0.15) is 0 Å². The van der Waals surface area contributed by atoms with Gasteiger partial charge >= 0.3 is 0 Å². The number of hydrogen-bond acceptors (Lipinski definition) is 2. The second-order valence-electron chi connectivity index (χ2n) is 6.03. The summed E-state index contributed by atoms with van der Waals surface area (Å²) in [5, 5.41) is 7.38. The second kappa shape index (κ2) is 14.7. The maximum absolute atomic E-state index is 5.90. The predicted molar refractivity (Wildman–Crippen MR) is 125 cm³/mol. The van der Waals surface area contributed by atoms with E-state index in [9.17, 15) is 0 Å². The molecule has 0 saturated carbocycles. The van der Waals surface area contributed by atoms with E-state index in [-0.39, 0.29) is 24.0 Å². The number of rotatable bonds is 10. The highest BCUT2D eigenvalue weighted by Gasteiger charge is 1.99. The predicted octanol–water partition coefficient (Wildman–Crippen LogP) is 4.66. The summed E-state index contributed by atoms with van der Waals surface area (Å²) in [6, 6.07) is 18.2. The monoisotopic (exact) mass is 501 g/mol. The van der Waals surface area contributed by atoms with Gasteiger partial charge in [0.1, 0.15) is 0 Å². The second-order valence-corrected chi connectivity index (χ2v) is 6.47. The summed E-state index contributed by atoms with van der Waals surface area (Å²) in [7, 11) is 1.78. The first kappa shape index (κ1) is 23.7. The average molecular weight is 502 g/mol. The number of guanidine groups is 1. The van der Waals surface area contributed by atoms with Crippen LogP contribution in [0.1, 0.15) is 24.0 Å². The third-order valence-electron chi connectivity index (χ3n) is 3.98. The highest BCUT2D eigenvalue weighted by Crippen LogP contribution is 2.09. The van der Waals surface area contributed by atoms with Gasteiger partial charge < -0.3 is 15.4 Å². The molecule has 2 rings (SSSR count). The fraction of sp³-hybridized carbons (Fsp3) is 0.381. The first-order valence-electron chi connectivity index (χ1n) is 9.08. The van der Waals surface area contributed by atoms with E-state index < -0.39 is 0 Å². The zero-order valence-electron chi connectivity index (χ0n) is 15.8. The minimum absolute atomic E-state index is 0. The third-order valence-corrected chi connectivity index (χ3v) is 4.23. The zero-order chi connectivity index (χ0) is 18.5. The minimum atomic E-state index is 0. The van der Waals surface area contributed by atoms with Gasteiger partial charge in [-0.1, -0.05) is 54.1 Å². The molecular weight excluding hydrogens is 473 g/mol. The van der Waals surface area contributed by atoms with E-state index in [1.807, 2.05) is 30.3 Å². The van der Waals surface area contributed by atoms with Crippen LogP contribution in [0, 0.1) is 0 Å². The molecule has 0 aliphatic rings. The lowest BCUT2D eigenvalue weighted by molar-refractivity contribution is 0.133. The summed E-state index contributed by atoms with van der Waals surface area (Å²) in [6.45, 7) is 3.18. The SMILES string of the molecule is CN=C(NCCCCOCCc1ccccc1)NCc1ccc(Cl)cc1.I. The van der Waals surface area contributed by atoms with Gasteiger partial charge in [0.15, 0.2) is 5.96 Å². The molecule has 2 aromatic carbocycles. The number of nitrogens with zero attached hydrogens (tertiary/aromatic N) is 1. The van der Waals surface area contributed by atoms with Crippen molar-refractivity contribution < 1.29 is 4.74 Å². The van der Waals surface area contributed by atoms with E-state index in [1.54, 1.807) is 7.05 Å². The van der Waals surface area contributed by atoms with Crippen molar-refractivity contribution in [3.8, 4) is 0 Å². The van der Waals surface area contributed by atoms with Crippen LogP contribution in [-0.2, 0) is 17.7 Å². The Morgan fingerprint density at radius 3 is 2.37 bits per heavy atom. The molecule has 0 atom stereocenters. The van der Waals surface area contributed by atoms with Gasteiger partial charge in [-0.3, -0.25) is 4.99 Å². The summed E-state index contributed by atoms with van der Waals surface area (Å²) >= 11 is 5.90. The van der Waals surface area contributed by atoms with Gasteiger partial charge in [-0.05, 0) is 42.5 Å². The molecule has 27 heavy (non-hydrogen) atoms. The molecule has 2 N–H and O–H groups in total. The van der Waals surface area contributed by atoms with E-state index in [4.69, 9.17) is 16.3 Å². The van der Waals surface area contributed by atoms with Gasteiger partial charge in [0, 0.05) is 31.8 Å². The number of ether oxygens (including phenoxy) is 1. The van der Waals surface area contributed by atoms with Gasteiger partial charge in [0.05, 0.1) is 6.61 Å². The van der Waals surface area contributed by atoms with Crippen LogP contribution in [0.15, 0.2) is 59.6 Å². The van der Waals surface area contributed by atoms with E-state index in [0.29, 0.717) is 0 Å². The Balaban J connectivity index is 0.00000364. The van der Waals surface area contributed by atoms with E-state index in [0.717, 1.165) is 56.5 Å². The first-order chi connectivity index (χ1) is 12.8. The number of benzene rings is 2. The highest BCUT2D eigenvalue weighted by molar-refractivity contribution is 14.0. The number of aliphatic imine (C=N–C) groups is 1. The fourth-order valence-corrected chi connectivity index (χ4v) is 2.61. The molecule has 0 unspecified atom stereocenters. The van der Waals surface area contributed by atoms with Crippen LogP contribution >= 0.6 is 35.6 Å². The maximum atomic E-state index is 5.90. The summed E-state index contributed by atoms with van der Waals surface area (Å²) in [6.07, 6.45) is 3.06. The molecule has 2 aromatic rings. The van der Waals surface area contributed by atoms with Crippen molar-refractivity contribution >= 4 is 41.5 Å². The molecule has 6 heteroatoms. The highest BCUT2D eigenvalue weighted by atomic mass is 127. The number of nitrogens with one attached hydrogen (secondary N) is 2. The van der Waals surface area contributed by atoms with E-state index >= 15 is 0 Å². The van der Waals surface area contributed by atoms with E-state index in [2.05, 4.69) is 39.9 Å². The molecule has 0 amide bonds. The Kier molecular flexibility index (Phi) is 12.9. The normalized spacial score (nSPS) is 11.0. The quantitative estimate of drug-likeness (QED) is 0.215. The lowest BCUT2D eigenvalue weighted by atomic mass is 10.2. The molecule has 4 nitrogen and oxygen atoms in total. The van der Waals surface area contributed by atoms with Crippen LogP contribution in [0.2, 0.25) is 5.02 Å². The van der Waals surface area contributed by atoms with E-state index in [1.165, 1.54) is 11.1 Å². The molecule has 0 heterocycles. The zero-order valence-corrected chi connectivity index (χ0v) is 18.9. The summed E-state index contributed by atoms with van der Waals surface area (Å²) in [4.78, 5) is 4.24. The lowest BCUT2D eigenvalue weighted by Crippen LogP contribution is -2.37. The molecule has 0 fully saturated rings. The molecule has 0 aliphatic carbocycles. The van der Waals surface area contributed by atoms with Crippen molar-refractivity contribution in [2.75, 3.05) is 26.8 Å². The fourth-order valence-electron chi connectivity index (χ4n) is 2.48. The first-order valence-corrected chi connectivity index (χ1v) is 9.46. The standard InChI is InChI=1S/C21H28ClN3O.HI/c1-23-21(25-17-19-9-11-20(22)12-10-19)24-14-5-6-15-26-16-13-18-7-3-2-4-8-18;/h2-4,7-12H,5-6,13-17H2,1H3,(H2,23,24,25);1H. The summed E-state index contributed by atoms with van der Waals surface area (Å²) in [5.74, 6) is 0.810. The van der Waals surface area contributed by atoms with Crippen LogP contribution in [-0.4, -0.2) is 32.8 Å². The molecule has 0 radical (unpaired) electrons. The Morgan fingerprint density at radius 2 is 1.67 bits per heavy atom. The lowest BCUT2D eigenvalue weighted by Gasteiger charge is -2.12. The molecule has 0 bridgehead atoms. The third kappa shape index (κ3) is 10.6. The van der Waals surface area contributed by atoms with Crippen LogP contribution in [0.25, 0.3) is 0 Å². The smallest absolute Gasteiger partial charge is 0.191 e. The Labute approximate surface area is 184 Å². The molecule has 148 valence electrons. The van der Waals surface area contributed by atoms with Crippen LogP contribution in [0.5, 0.6) is 0 Å². The van der Waals surface area contributed by atoms with Crippen molar-refractivity contribution in [3.63, 3.8) is 0 Å². The maximum Gasteiger partial charge on any atom is 0.191 e. The number of halogens is 2. The molecule has 0 saturated heterocycles. The molecule has 0 spiro atoms. The number of hydrogen-bond donors (Lipinski definition) is 2. The molecule has 0 aromatic heterocycles. The van der Waals surface area contributed by atoms with Gasteiger partial charge in [0.25, 0.3) is 0 Å². The Hall–Kier alpha value is -1.31. The van der Waals surface area contributed by atoms with Crippen molar-refractivity contribution in [1.82, 2.24) is 10.6 Å². The molecular formula is C21H29ClIN3O. The van der Waals surface area contributed by atoms with Crippen molar-refractivity contribution in [2.24, 2.45) is 4.99 Å². The number of unbranched alkanes of at least 4 members (excludes halogenated alkanes) is 1. The Bertz CT molecular complexity index is 650. The van der Waals surface area contributed by atoms with Crippen molar-refractivity contribution in [3.05, 3.63) is 70.7 Å². The topological polar surface area (TPSA) is 45.7 Å².